The Balaban J connectivity index is 1.04. The largest absolute Gasteiger partial charge is 0.455 e. The molecule has 2 aromatic heterocycles. The summed E-state index contributed by atoms with van der Waals surface area (Å²) >= 11 is 0. The molecule has 0 aliphatic heterocycles. The Hall–Kier alpha value is -7.43. The van der Waals surface area contributed by atoms with Gasteiger partial charge in [-0.15, -0.1) is 0 Å². The van der Waals surface area contributed by atoms with Crippen molar-refractivity contribution in [3.05, 3.63) is 200 Å². The lowest BCUT2D eigenvalue weighted by Crippen LogP contribution is -2.00. The summed E-state index contributed by atoms with van der Waals surface area (Å²) in [6, 6.07) is 69.4. The van der Waals surface area contributed by atoms with E-state index in [-0.39, 0.29) is 0 Å². The summed E-state index contributed by atoms with van der Waals surface area (Å²) < 4.78 is 6.44. The molecule has 8 aromatic carbocycles. The maximum atomic E-state index is 6.44. The lowest BCUT2D eigenvalue weighted by molar-refractivity contribution is 0.669. The first-order chi connectivity index (χ1) is 27.2. The van der Waals surface area contributed by atoms with E-state index < -0.39 is 0 Å². The fraction of sp³-hybridized carbons (Fsp3) is 0. The zero-order valence-corrected chi connectivity index (χ0v) is 29.8. The molecule has 0 atom stereocenters. The van der Waals surface area contributed by atoms with Gasteiger partial charge in [0.1, 0.15) is 11.2 Å². The van der Waals surface area contributed by atoms with Gasteiger partial charge in [-0.2, -0.15) is 0 Å². The minimum atomic E-state index is 0.560. The predicted molar refractivity (Wildman–Crippen MR) is 225 cm³/mol. The van der Waals surface area contributed by atoms with Crippen LogP contribution in [-0.2, 0) is 0 Å². The molecule has 0 unspecified atom stereocenters. The summed E-state index contributed by atoms with van der Waals surface area (Å²) in [4.78, 5) is 15.3. The Morgan fingerprint density at radius 1 is 0.273 bits per heavy atom. The third-order valence-corrected chi connectivity index (χ3v) is 10.2. The maximum absolute atomic E-state index is 6.44. The molecule has 10 aromatic rings. The fourth-order valence-electron chi connectivity index (χ4n) is 7.30. The van der Waals surface area contributed by atoms with E-state index in [0.717, 1.165) is 60.9 Å². The van der Waals surface area contributed by atoms with Gasteiger partial charge < -0.3 is 4.42 Å². The van der Waals surface area contributed by atoms with Gasteiger partial charge in [0, 0.05) is 21.9 Å². The number of hydrogen-bond acceptors (Lipinski definition) is 4. The second kappa shape index (κ2) is 13.8. The summed E-state index contributed by atoms with van der Waals surface area (Å²) in [5, 5.41) is 2.09. The number of benzene rings is 8. The molecular formula is C51H33N3O. The molecule has 0 bridgehead atoms. The van der Waals surface area contributed by atoms with Crippen LogP contribution in [0.5, 0.6) is 0 Å². The van der Waals surface area contributed by atoms with Gasteiger partial charge in [-0.1, -0.05) is 182 Å². The third-order valence-electron chi connectivity index (χ3n) is 10.2. The zero-order valence-electron chi connectivity index (χ0n) is 29.8. The van der Waals surface area contributed by atoms with E-state index in [4.69, 9.17) is 19.4 Å². The second-order valence-corrected chi connectivity index (χ2v) is 13.6. The average Bonchev–Trinajstić information content (AvgIpc) is 3.66. The van der Waals surface area contributed by atoms with Crippen molar-refractivity contribution in [2.24, 2.45) is 0 Å². The fourth-order valence-corrected chi connectivity index (χ4v) is 7.30. The van der Waals surface area contributed by atoms with Gasteiger partial charge in [-0.05, 0) is 62.7 Å². The van der Waals surface area contributed by atoms with Gasteiger partial charge in [0.15, 0.2) is 17.5 Å². The van der Waals surface area contributed by atoms with Crippen molar-refractivity contribution in [1.29, 1.82) is 0 Å². The summed E-state index contributed by atoms with van der Waals surface area (Å²) in [5.74, 6) is 1.75. The van der Waals surface area contributed by atoms with Gasteiger partial charge in [0.2, 0.25) is 0 Å². The molecule has 0 aliphatic carbocycles. The van der Waals surface area contributed by atoms with E-state index >= 15 is 0 Å². The Kier molecular flexibility index (Phi) is 8.12. The van der Waals surface area contributed by atoms with Crippen LogP contribution >= 0.6 is 0 Å². The second-order valence-electron chi connectivity index (χ2n) is 13.6. The zero-order chi connectivity index (χ0) is 36.6. The van der Waals surface area contributed by atoms with E-state index in [0.29, 0.717) is 17.5 Å². The minimum Gasteiger partial charge on any atom is -0.455 e. The molecule has 0 amide bonds. The first-order valence-corrected chi connectivity index (χ1v) is 18.4. The van der Waals surface area contributed by atoms with E-state index in [1.807, 2.05) is 42.5 Å². The van der Waals surface area contributed by atoms with Crippen LogP contribution in [0.4, 0.5) is 0 Å². The van der Waals surface area contributed by atoms with Crippen LogP contribution in [-0.4, -0.2) is 15.0 Å². The van der Waals surface area contributed by atoms with Crippen LogP contribution in [0.2, 0.25) is 0 Å². The predicted octanol–water partition coefficient (Wildman–Crippen LogP) is 13.4. The first-order valence-electron chi connectivity index (χ1n) is 18.4. The van der Waals surface area contributed by atoms with Gasteiger partial charge in [-0.3, -0.25) is 0 Å². The topological polar surface area (TPSA) is 51.8 Å². The Morgan fingerprint density at radius 3 is 1.22 bits per heavy atom. The normalized spacial score (nSPS) is 11.3. The molecule has 258 valence electrons. The smallest absolute Gasteiger partial charge is 0.167 e. The van der Waals surface area contributed by atoms with Crippen LogP contribution in [0, 0.1) is 0 Å². The monoisotopic (exact) mass is 703 g/mol. The quantitative estimate of drug-likeness (QED) is 0.166. The molecule has 0 saturated heterocycles. The number of furan rings is 1. The molecule has 0 N–H and O–H groups in total. The Labute approximate surface area is 319 Å². The van der Waals surface area contributed by atoms with E-state index in [9.17, 15) is 0 Å². The van der Waals surface area contributed by atoms with Crippen molar-refractivity contribution >= 4 is 21.9 Å². The van der Waals surface area contributed by atoms with Gasteiger partial charge >= 0.3 is 0 Å². The molecular weight excluding hydrogens is 671 g/mol. The van der Waals surface area contributed by atoms with Crippen molar-refractivity contribution in [3.8, 4) is 78.7 Å². The standard InChI is InChI=1S/C51H33N3O/c1-3-11-34(12-4-1)36-21-23-37(24-22-36)38-25-29-40(30-26-38)49-52-50(54-51(53-49)46-19-10-18-45-44-17-7-8-20-47(44)55-48(45)46)41-31-27-39(28-32-41)43-16-9-15-42(33-43)35-13-5-2-6-14-35/h1-33H. The molecule has 0 spiro atoms. The lowest BCUT2D eigenvalue weighted by atomic mass is 9.98. The van der Waals surface area contributed by atoms with Crippen molar-refractivity contribution in [2.75, 3.05) is 0 Å². The highest BCUT2D eigenvalue weighted by molar-refractivity contribution is 6.09. The third kappa shape index (κ3) is 6.26. The number of rotatable bonds is 7. The average molecular weight is 704 g/mol. The summed E-state index contributed by atoms with van der Waals surface area (Å²) in [6.07, 6.45) is 0. The van der Waals surface area contributed by atoms with Gasteiger partial charge in [0.25, 0.3) is 0 Å². The van der Waals surface area contributed by atoms with Crippen LogP contribution in [0.3, 0.4) is 0 Å². The minimum absolute atomic E-state index is 0.560. The van der Waals surface area contributed by atoms with Crippen molar-refractivity contribution in [1.82, 2.24) is 15.0 Å². The van der Waals surface area contributed by atoms with E-state index in [2.05, 4.69) is 158 Å². The molecule has 0 fully saturated rings. The van der Waals surface area contributed by atoms with Crippen LogP contribution < -0.4 is 0 Å². The van der Waals surface area contributed by atoms with E-state index in [1.165, 1.54) is 22.3 Å². The summed E-state index contributed by atoms with van der Waals surface area (Å²) in [7, 11) is 0. The van der Waals surface area contributed by atoms with Crippen LogP contribution in [0.15, 0.2) is 205 Å². The first kappa shape index (κ1) is 32.2. The molecule has 0 radical (unpaired) electrons. The highest BCUT2D eigenvalue weighted by Gasteiger charge is 2.18. The number of hydrogen-bond donors (Lipinski definition) is 0. The highest BCUT2D eigenvalue weighted by Crippen LogP contribution is 2.36. The van der Waals surface area contributed by atoms with Gasteiger partial charge in [-0.25, -0.2) is 15.0 Å². The molecule has 4 nitrogen and oxygen atoms in total. The number of nitrogens with zero attached hydrogens (tertiary/aromatic N) is 3. The molecule has 0 aliphatic rings. The maximum Gasteiger partial charge on any atom is 0.167 e. The Morgan fingerprint density at radius 2 is 0.655 bits per heavy atom. The number of para-hydroxylation sites is 2. The Bertz CT molecular complexity index is 2930. The number of aromatic nitrogens is 3. The van der Waals surface area contributed by atoms with Crippen LogP contribution in [0.1, 0.15) is 0 Å². The highest BCUT2D eigenvalue weighted by atomic mass is 16.3. The summed E-state index contributed by atoms with van der Waals surface area (Å²) in [6.45, 7) is 0. The van der Waals surface area contributed by atoms with Gasteiger partial charge in [0.05, 0.1) is 5.56 Å². The molecule has 2 heterocycles. The summed E-state index contributed by atoms with van der Waals surface area (Å²) in [5.41, 5.74) is 13.5. The van der Waals surface area contributed by atoms with Crippen molar-refractivity contribution in [2.45, 2.75) is 0 Å². The molecule has 55 heavy (non-hydrogen) atoms. The molecule has 4 heteroatoms. The SMILES string of the molecule is c1ccc(-c2ccc(-c3ccc(-c4nc(-c5ccc(-c6cccc(-c7ccccc7)c6)cc5)nc(-c5cccc6c5oc5ccccc56)n4)cc3)cc2)cc1. The van der Waals surface area contributed by atoms with Crippen molar-refractivity contribution < 1.29 is 4.42 Å². The lowest BCUT2D eigenvalue weighted by Gasteiger charge is -2.11. The number of fused-ring (bicyclic) bond motifs is 3. The molecule has 0 saturated carbocycles. The van der Waals surface area contributed by atoms with Crippen molar-refractivity contribution in [3.63, 3.8) is 0 Å². The van der Waals surface area contributed by atoms with Crippen LogP contribution in [0.25, 0.3) is 101 Å². The van der Waals surface area contributed by atoms with E-state index in [1.54, 1.807) is 0 Å². The molecule has 10 rings (SSSR count).